The highest BCUT2D eigenvalue weighted by Crippen LogP contribution is 2.42. The molecule has 3 heteroatoms. The standard InChI is InChI=1S/C18H27BrO2/c1-3-4-5-6-7-8-9-10-13-18(2)20-16-12-11-15(19)14-17(16)21-18/h11-12,14H,3-10,13H2,1-2H3. The predicted molar refractivity (Wildman–Crippen MR) is 91.0 cm³/mol. The number of benzene rings is 1. The third-order valence-electron chi connectivity index (χ3n) is 4.04. The van der Waals surface area contributed by atoms with Crippen LogP contribution in [0.2, 0.25) is 0 Å². The van der Waals surface area contributed by atoms with Crippen LogP contribution in [0.25, 0.3) is 0 Å². The van der Waals surface area contributed by atoms with E-state index in [-0.39, 0.29) is 0 Å². The van der Waals surface area contributed by atoms with E-state index < -0.39 is 5.79 Å². The van der Waals surface area contributed by atoms with Gasteiger partial charge >= 0.3 is 0 Å². The van der Waals surface area contributed by atoms with Crippen LogP contribution in [0.1, 0.15) is 71.6 Å². The Labute approximate surface area is 137 Å². The Morgan fingerprint density at radius 2 is 1.52 bits per heavy atom. The van der Waals surface area contributed by atoms with Crippen LogP contribution in [0.15, 0.2) is 22.7 Å². The van der Waals surface area contributed by atoms with Crippen LogP contribution in [-0.2, 0) is 0 Å². The first-order chi connectivity index (χ1) is 10.1. The van der Waals surface area contributed by atoms with Crippen molar-refractivity contribution in [3.8, 4) is 11.5 Å². The van der Waals surface area contributed by atoms with Gasteiger partial charge in [0.25, 0.3) is 0 Å². The summed E-state index contributed by atoms with van der Waals surface area (Å²) in [5.41, 5.74) is 0. The smallest absolute Gasteiger partial charge is 0.248 e. The van der Waals surface area contributed by atoms with Crippen LogP contribution in [0.4, 0.5) is 0 Å². The van der Waals surface area contributed by atoms with Crippen molar-refractivity contribution < 1.29 is 9.47 Å². The van der Waals surface area contributed by atoms with Crippen molar-refractivity contribution in [2.75, 3.05) is 0 Å². The third-order valence-corrected chi connectivity index (χ3v) is 4.54. The average molecular weight is 355 g/mol. The van der Waals surface area contributed by atoms with Gasteiger partial charge in [-0.3, -0.25) is 0 Å². The van der Waals surface area contributed by atoms with Crippen LogP contribution in [0, 0.1) is 0 Å². The molecule has 2 nitrogen and oxygen atoms in total. The molecule has 0 bridgehead atoms. The molecule has 0 aromatic heterocycles. The first-order valence-corrected chi connectivity index (χ1v) is 9.10. The fourth-order valence-electron chi connectivity index (χ4n) is 2.81. The Kier molecular flexibility index (Phi) is 6.40. The molecule has 1 heterocycles. The van der Waals surface area contributed by atoms with Gasteiger partial charge in [0.05, 0.1) is 0 Å². The lowest BCUT2D eigenvalue weighted by atomic mass is 10.0. The molecule has 0 saturated carbocycles. The van der Waals surface area contributed by atoms with E-state index in [1.54, 1.807) is 0 Å². The van der Waals surface area contributed by atoms with E-state index in [4.69, 9.17) is 9.47 Å². The molecule has 1 aromatic carbocycles. The first kappa shape index (κ1) is 16.7. The molecule has 1 atom stereocenters. The van der Waals surface area contributed by atoms with Crippen molar-refractivity contribution in [3.63, 3.8) is 0 Å². The van der Waals surface area contributed by atoms with Crippen LogP contribution in [-0.4, -0.2) is 5.79 Å². The maximum absolute atomic E-state index is 5.98. The average Bonchev–Trinajstić information content (AvgIpc) is 2.77. The lowest BCUT2D eigenvalue weighted by molar-refractivity contribution is -0.0696. The zero-order valence-corrected chi connectivity index (χ0v) is 14.9. The minimum atomic E-state index is -0.481. The highest BCUT2D eigenvalue weighted by molar-refractivity contribution is 9.10. The highest BCUT2D eigenvalue weighted by atomic mass is 79.9. The van der Waals surface area contributed by atoms with Gasteiger partial charge in [0.1, 0.15) is 0 Å². The maximum Gasteiger partial charge on any atom is 0.248 e. The Bertz CT molecular complexity index is 447. The van der Waals surface area contributed by atoms with Gasteiger partial charge in [-0.25, -0.2) is 0 Å². The van der Waals surface area contributed by atoms with E-state index in [9.17, 15) is 0 Å². The molecule has 1 aromatic rings. The molecule has 0 spiro atoms. The molecule has 0 saturated heterocycles. The Morgan fingerprint density at radius 3 is 2.24 bits per heavy atom. The summed E-state index contributed by atoms with van der Waals surface area (Å²) in [4.78, 5) is 0. The number of rotatable bonds is 9. The Hall–Kier alpha value is -0.700. The van der Waals surface area contributed by atoms with Crippen molar-refractivity contribution in [2.24, 2.45) is 0 Å². The molecule has 0 fully saturated rings. The number of unbranched alkanes of at least 4 members (excludes halogenated alkanes) is 7. The summed E-state index contributed by atoms with van der Waals surface area (Å²) < 4.78 is 13.0. The maximum atomic E-state index is 5.98. The van der Waals surface area contributed by atoms with E-state index >= 15 is 0 Å². The summed E-state index contributed by atoms with van der Waals surface area (Å²) in [6, 6.07) is 5.94. The molecule has 0 amide bonds. The van der Waals surface area contributed by atoms with Gasteiger partial charge in [-0.05, 0) is 24.6 Å². The zero-order valence-electron chi connectivity index (χ0n) is 13.3. The third kappa shape index (κ3) is 5.21. The van der Waals surface area contributed by atoms with E-state index in [0.717, 1.165) is 22.4 Å². The number of hydrogen-bond donors (Lipinski definition) is 0. The summed E-state index contributed by atoms with van der Waals surface area (Å²) in [5.74, 6) is 1.23. The van der Waals surface area contributed by atoms with E-state index in [1.165, 1.54) is 51.4 Å². The molecule has 21 heavy (non-hydrogen) atoms. The number of ether oxygens (including phenoxy) is 2. The molecule has 0 N–H and O–H groups in total. The minimum absolute atomic E-state index is 0.481. The summed E-state index contributed by atoms with van der Waals surface area (Å²) >= 11 is 3.47. The molecule has 1 unspecified atom stereocenters. The fraction of sp³-hybridized carbons (Fsp3) is 0.667. The van der Waals surface area contributed by atoms with Gasteiger partial charge in [-0.2, -0.15) is 0 Å². The summed E-state index contributed by atoms with van der Waals surface area (Å²) in [7, 11) is 0. The van der Waals surface area contributed by atoms with Gasteiger partial charge in [0.15, 0.2) is 11.5 Å². The zero-order chi connectivity index (χ0) is 15.1. The Morgan fingerprint density at radius 1 is 0.905 bits per heavy atom. The summed E-state index contributed by atoms with van der Waals surface area (Å²) in [6.07, 6.45) is 11.6. The van der Waals surface area contributed by atoms with Crippen molar-refractivity contribution in [3.05, 3.63) is 22.7 Å². The second-order valence-electron chi connectivity index (χ2n) is 6.15. The van der Waals surface area contributed by atoms with E-state index in [0.29, 0.717) is 0 Å². The van der Waals surface area contributed by atoms with Gasteiger partial charge in [-0.15, -0.1) is 0 Å². The Balaban J connectivity index is 1.63. The molecule has 1 aliphatic rings. The van der Waals surface area contributed by atoms with Crippen molar-refractivity contribution in [2.45, 2.75) is 77.4 Å². The van der Waals surface area contributed by atoms with Crippen molar-refractivity contribution in [1.82, 2.24) is 0 Å². The monoisotopic (exact) mass is 354 g/mol. The molecular formula is C18H27BrO2. The molecule has 0 aliphatic carbocycles. The van der Waals surface area contributed by atoms with Crippen LogP contribution < -0.4 is 9.47 Å². The SMILES string of the molecule is CCCCCCCCCCC1(C)Oc2ccc(Br)cc2O1. The van der Waals surface area contributed by atoms with Gasteiger partial charge in [-0.1, -0.05) is 67.8 Å². The quantitative estimate of drug-likeness (QED) is 0.473. The summed E-state index contributed by atoms with van der Waals surface area (Å²) in [5, 5.41) is 0. The number of halogens is 1. The van der Waals surface area contributed by atoms with Crippen LogP contribution >= 0.6 is 15.9 Å². The van der Waals surface area contributed by atoms with Gasteiger partial charge in [0.2, 0.25) is 5.79 Å². The highest BCUT2D eigenvalue weighted by Gasteiger charge is 2.36. The number of fused-ring (bicyclic) bond motifs is 1. The predicted octanol–water partition coefficient (Wildman–Crippen LogP) is 6.47. The van der Waals surface area contributed by atoms with Gasteiger partial charge < -0.3 is 9.47 Å². The number of hydrogen-bond acceptors (Lipinski definition) is 2. The van der Waals surface area contributed by atoms with Gasteiger partial charge in [0, 0.05) is 17.8 Å². The van der Waals surface area contributed by atoms with Crippen LogP contribution in [0.5, 0.6) is 11.5 Å². The topological polar surface area (TPSA) is 18.5 Å². The van der Waals surface area contributed by atoms with Crippen molar-refractivity contribution >= 4 is 15.9 Å². The molecule has 2 rings (SSSR count). The minimum Gasteiger partial charge on any atom is -0.449 e. The van der Waals surface area contributed by atoms with E-state index in [2.05, 4.69) is 22.9 Å². The normalized spacial score (nSPS) is 20.0. The van der Waals surface area contributed by atoms with Crippen molar-refractivity contribution in [1.29, 1.82) is 0 Å². The second kappa shape index (κ2) is 8.07. The molecule has 0 radical (unpaired) electrons. The fourth-order valence-corrected chi connectivity index (χ4v) is 3.15. The molecule has 118 valence electrons. The molecular weight excluding hydrogens is 328 g/mol. The second-order valence-corrected chi connectivity index (χ2v) is 7.07. The van der Waals surface area contributed by atoms with E-state index in [1.807, 2.05) is 25.1 Å². The lowest BCUT2D eigenvalue weighted by Crippen LogP contribution is -2.34. The molecule has 1 aliphatic heterocycles. The summed E-state index contributed by atoms with van der Waals surface area (Å²) in [6.45, 7) is 4.31. The van der Waals surface area contributed by atoms with Crippen LogP contribution in [0.3, 0.4) is 0 Å². The lowest BCUT2D eigenvalue weighted by Gasteiger charge is -2.22. The first-order valence-electron chi connectivity index (χ1n) is 8.30. The largest absolute Gasteiger partial charge is 0.449 e.